The van der Waals surface area contributed by atoms with E-state index in [-0.39, 0.29) is 27.3 Å². The van der Waals surface area contributed by atoms with Gasteiger partial charge in [0.1, 0.15) is 4.90 Å². The normalized spacial score (nSPS) is 12.3. The van der Waals surface area contributed by atoms with Crippen molar-refractivity contribution in [3.8, 4) is 17.2 Å². The average Bonchev–Trinajstić information content (AvgIpc) is 2.83. The third-order valence-electron chi connectivity index (χ3n) is 4.75. The third-order valence-corrected chi connectivity index (χ3v) is 5.66. The van der Waals surface area contributed by atoms with E-state index in [0.29, 0.717) is 5.56 Å². The summed E-state index contributed by atoms with van der Waals surface area (Å²) in [5.41, 5.74) is 8.88. The molecule has 4 rings (SSSR count). The second-order valence-electron chi connectivity index (χ2n) is 6.86. The Labute approximate surface area is 193 Å². The van der Waals surface area contributed by atoms with Crippen molar-refractivity contribution in [1.29, 1.82) is 0 Å². The number of allylic oxidation sites excluding steroid dienone is 1. The van der Waals surface area contributed by atoms with Crippen molar-refractivity contribution >= 4 is 33.5 Å². The second-order valence-corrected chi connectivity index (χ2v) is 8.25. The molecule has 0 aliphatic heterocycles. The minimum atomic E-state index is -4.40. The number of benzene rings is 3. The number of hydrogen-bond acceptors (Lipinski definition) is 7. The van der Waals surface area contributed by atoms with Crippen LogP contribution in [0.5, 0.6) is 17.2 Å². The predicted molar refractivity (Wildman–Crippen MR) is 120 cm³/mol. The standard InChI is InChI=1S/C13H10O4.C10H6N2O4S/c14-10-7-6-9(12(16)13(10)17)11(15)8-4-2-1-3-5-8;11-12-8-5-4-6-7(10(8)13)2-1-3-9(6)17(14,15)16/h1-7,14,16-17H;1-5H,(H,14,15,16). The van der Waals surface area contributed by atoms with Gasteiger partial charge in [-0.2, -0.15) is 13.2 Å². The van der Waals surface area contributed by atoms with Crippen LogP contribution >= 0.6 is 0 Å². The van der Waals surface area contributed by atoms with Gasteiger partial charge in [-0.1, -0.05) is 42.5 Å². The molecule has 0 radical (unpaired) electrons. The number of rotatable bonds is 3. The summed E-state index contributed by atoms with van der Waals surface area (Å²) in [7, 11) is -4.40. The van der Waals surface area contributed by atoms with Crippen molar-refractivity contribution in [3.63, 3.8) is 0 Å². The fraction of sp³-hybridized carbons (Fsp3) is 0. The molecule has 0 bridgehead atoms. The summed E-state index contributed by atoms with van der Waals surface area (Å²) in [6, 6.07) is 14.7. The Morgan fingerprint density at radius 2 is 1.53 bits per heavy atom. The van der Waals surface area contributed by atoms with Gasteiger partial charge < -0.3 is 20.9 Å². The summed E-state index contributed by atoms with van der Waals surface area (Å²) < 4.78 is 31.2. The molecule has 172 valence electrons. The van der Waals surface area contributed by atoms with Crippen LogP contribution in [0.15, 0.2) is 71.6 Å². The van der Waals surface area contributed by atoms with E-state index >= 15 is 0 Å². The van der Waals surface area contributed by atoms with E-state index in [1.807, 2.05) is 0 Å². The number of aromatic hydroxyl groups is 3. The van der Waals surface area contributed by atoms with Crippen LogP contribution in [0.1, 0.15) is 31.8 Å². The summed E-state index contributed by atoms with van der Waals surface area (Å²) in [5.74, 6) is -2.79. The van der Waals surface area contributed by atoms with Gasteiger partial charge in [-0.15, -0.1) is 0 Å². The molecule has 11 heteroatoms. The molecule has 34 heavy (non-hydrogen) atoms. The van der Waals surface area contributed by atoms with Crippen molar-refractivity contribution in [3.05, 3.63) is 94.5 Å². The highest BCUT2D eigenvalue weighted by Crippen LogP contribution is 2.37. The third kappa shape index (κ3) is 4.76. The number of carbonyl (C=O) groups excluding carboxylic acids is 2. The van der Waals surface area contributed by atoms with Crippen LogP contribution in [0.3, 0.4) is 0 Å². The molecular formula is C23H16N2O8S. The molecule has 10 nitrogen and oxygen atoms in total. The largest absolute Gasteiger partial charge is 0.504 e. The lowest BCUT2D eigenvalue weighted by Crippen LogP contribution is -2.19. The number of ketones is 2. The Kier molecular flexibility index (Phi) is 6.73. The molecule has 1 aliphatic carbocycles. The summed E-state index contributed by atoms with van der Waals surface area (Å²) in [6.45, 7) is 0. The molecule has 3 aromatic carbocycles. The molecule has 0 amide bonds. The molecule has 0 saturated carbocycles. The van der Waals surface area contributed by atoms with Crippen LogP contribution in [-0.4, -0.2) is 50.4 Å². The molecule has 0 atom stereocenters. The fourth-order valence-electron chi connectivity index (χ4n) is 3.09. The topological polar surface area (TPSA) is 186 Å². The SMILES string of the molecule is O=C(c1ccccc1)c1ccc(O)c(O)c1O.[N-]=[N+]=C1C=Cc2c(cccc2S(=O)(=O)O)C1=O. The van der Waals surface area contributed by atoms with Crippen LogP contribution in [0.4, 0.5) is 0 Å². The Morgan fingerprint density at radius 1 is 0.853 bits per heavy atom. The number of hydrogen-bond donors (Lipinski definition) is 4. The first kappa shape index (κ1) is 24.1. The number of fused-ring (bicyclic) bond motifs is 1. The number of phenols is 3. The van der Waals surface area contributed by atoms with Gasteiger partial charge in [0.05, 0.1) is 5.56 Å². The average molecular weight is 480 g/mol. The highest BCUT2D eigenvalue weighted by atomic mass is 32.2. The monoisotopic (exact) mass is 480 g/mol. The van der Waals surface area contributed by atoms with E-state index in [2.05, 4.69) is 4.79 Å². The van der Waals surface area contributed by atoms with Crippen molar-refractivity contribution in [2.24, 2.45) is 0 Å². The highest BCUT2D eigenvalue weighted by molar-refractivity contribution is 7.86. The molecule has 0 aromatic heterocycles. The summed E-state index contributed by atoms with van der Waals surface area (Å²) in [6.07, 6.45) is 2.48. The van der Waals surface area contributed by atoms with E-state index in [9.17, 15) is 28.2 Å². The predicted octanol–water partition coefficient (Wildman–Crippen LogP) is 2.85. The Balaban J connectivity index is 0.000000191. The minimum Gasteiger partial charge on any atom is -0.504 e. The zero-order valence-corrected chi connectivity index (χ0v) is 18.0. The number of Topliss-reactive ketones (excluding diaryl/α,β-unsaturated/α-hetero) is 1. The smallest absolute Gasteiger partial charge is 0.362 e. The maximum atomic E-state index is 12.0. The van der Waals surface area contributed by atoms with E-state index in [1.165, 1.54) is 36.4 Å². The minimum absolute atomic E-state index is 0.0495. The number of phenolic OH excluding ortho intramolecular Hbond substituents is 3. The van der Waals surface area contributed by atoms with Crippen LogP contribution in [0, 0.1) is 0 Å². The molecule has 0 unspecified atom stereocenters. The van der Waals surface area contributed by atoms with Gasteiger partial charge in [0, 0.05) is 22.8 Å². The molecule has 0 heterocycles. The zero-order valence-electron chi connectivity index (χ0n) is 17.2. The fourth-order valence-corrected chi connectivity index (χ4v) is 3.80. The van der Waals surface area contributed by atoms with Gasteiger partial charge >= 0.3 is 5.71 Å². The van der Waals surface area contributed by atoms with Crippen LogP contribution < -0.4 is 0 Å². The van der Waals surface area contributed by atoms with Crippen LogP contribution in [-0.2, 0) is 10.1 Å². The van der Waals surface area contributed by atoms with Crippen LogP contribution in [0.2, 0.25) is 0 Å². The van der Waals surface area contributed by atoms with Gasteiger partial charge in [0.25, 0.3) is 15.9 Å². The van der Waals surface area contributed by atoms with E-state index in [1.54, 1.807) is 30.3 Å². The van der Waals surface area contributed by atoms with Gasteiger partial charge in [0.15, 0.2) is 17.3 Å². The quantitative estimate of drug-likeness (QED) is 0.145. The van der Waals surface area contributed by atoms with Gasteiger partial charge in [-0.05, 0) is 24.3 Å². The molecule has 4 N–H and O–H groups in total. The highest BCUT2D eigenvalue weighted by Gasteiger charge is 2.29. The molecular weight excluding hydrogens is 464 g/mol. The van der Waals surface area contributed by atoms with Crippen molar-refractivity contribution in [1.82, 2.24) is 0 Å². The molecule has 0 saturated heterocycles. The summed E-state index contributed by atoms with van der Waals surface area (Å²) in [4.78, 5) is 26.1. The van der Waals surface area contributed by atoms with Crippen molar-refractivity contribution in [2.45, 2.75) is 4.90 Å². The van der Waals surface area contributed by atoms with Gasteiger partial charge in [0.2, 0.25) is 5.75 Å². The Bertz CT molecular complexity index is 1490. The lowest BCUT2D eigenvalue weighted by molar-refractivity contribution is -0.00436. The zero-order chi connectivity index (χ0) is 25.0. The molecule has 1 aliphatic rings. The first-order valence-corrected chi connectivity index (χ1v) is 10.9. The maximum Gasteiger partial charge on any atom is 0.362 e. The van der Waals surface area contributed by atoms with Crippen LogP contribution in [0.25, 0.3) is 11.6 Å². The summed E-state index contributed by atoms with van der Waals surface area (Å²) >= 11 is 0. The van der Waals surface area contributed by atoms with E-state index in [4.69, 9.17) is 15.2 Å². The van der Waals surface area contributed by atoms with Crippen molar-refractivity contribution in [2.75, 3.05) is 0 Å². The first-order chi connectivity index (χ1) is 16.1. The maximum absolute atomic E-state index is 12.0. The van der Waals surface area contributed by atoms with E-state index in [0.717, 1.165) is 6.07 Å². The molecule has 3 aromatic rings. The Morgan fingerprint density at radius 3 is 2.15 bits per heavy atom. The lowest BCUT2D eigenvalue weighted by atomic mass is 9.95. The lowest BCUT2D eigenvalue weighted by Gasteiger charge is -2.09. The second kappa shape index (κ2) is 9.51. The molecule has 0 spiro atoms. The molecule has 0 fully saturated rings. The van der Waals surface area contributed by atoms with Gasteiger partial charge in [-0.25, -0.2) is 0 Å². The Hall–Kier alpha value is -4.57. The van der Waals surface area contributed by atoms with Crippen molar-refractivity contribution < 1.29 is 42.7 Å². The number of nitrogens with zero attached hydrogens (tertiary/aromatic N) is 2. The number of carbonyl (C=O) groups is 2. The summed E-state index contributed by atoms with van der Waals surface area (Å²) in [5, 5.41) is 28.1. The van der Waals surface area contributed by atoms with Gasteiger partial charge in [-0.3, -0.25) is 14.1 Å². The van der Waals surface area contributed by atoms with E-state index < -0.39 is 38.9 Å². The first-order valence-electron chi connectivity index (χ1n) is 9.45.